The van der Waals surface area contributed by atoms with Crippen LogP contribution in [0.2, 0.25) is 0 Å². The van der Waals surface area contributed by atoms with Crippen LogP contribution in [0.1, 0.15) is 22.2 Å². The molecule has 0 aliphatic rings. The summed E-state index contributed by atoms with van der Waals surface area (Å²) in [6.45, 7) is 0.314. The minimum absolute atomic E-state index is 0.119. The van der Waals surface area contributed by atoms with E-state index < -0.39 is 4.92 Å². The number of anilines is 1. The van der Waals surface area contributed by atoms with Gasteiger partial charge in [-0.3, -0.25) is 19.8 Å². The Balaban J connectivity index is 2.22. The Labute approximate surface area is 146 Å². The largest absolute Gasteiger partial charge is 0.468 e. The van der Waals surface area contributed by atoms with E-state index >= 15 is 0 Å². The van der Waals surface area contributed by atoms with Crippen molar-refractivity contribution in [2.75, 3.05) is 39.6 Å². The van der Waals surface area contributed by atoms with Gasteiger partial charge in [-0.05, 0) is 32.3 Å². The Morgan fingerprint density at radius 3 is 2.52 bits per heavy atom. The van der Waals surface area contributed by atoms with Gasteiger partial charge in [0.05, 0.1) is 22.8 Å². The number of rotatable bonds is 7. The molecule has 1 N–H and O–H groups in total. The molecule has 0 spiro atoms. The van der Waals surface area contributed by atoms with Gasteiger partial charge in [0.15, 0.2) is 0 Å². The average molecular weight is 346 g/mol. The van der Waals surface area contributed by atoms with Gasteiger partial charge >= 0.3 is 0 Å². The van der Waals surface area contributed by atoms with Gasteiger partial charge in [0.25, 0.3) is 11.6 Å². The highest BCUT2D eigenvalue weighted by Gasteiger charge is 2.21. The van der Waals surface area contributed by atoms with E-state index in [4.69, 9.17) is 4.42 Å². The fourth-order valence-electron chi connectivity index (χ4n) is 2.51. The zero-order valence-electron chi connectivity index (χ0n) is 14.7. The third-order valence-electron chi connectivity index (χ3n) is 3.87. The minimum atomic E-state index is -0.512. The summed E-state index contributed by atoms with van der Waals surface area (Å²) < 4.78 is 5.42. The number of non-ortho nitro benzene ring substituents is 1. The summed E-state index contributed by atoms with van der Waals surface area (Å²) >= 11 is 0. The average Bonchev–Trinajstić information content (AvgIpc) is 3.07. The molecule has 25 heavy (non-hydrogen) atoms. The Bertz CT molecular complexity index is 741. The van der Waals surface area contributed by atoms with E-state index in [1.165, 1.54) is 12.1 Å². The highest BCUT2D eigenvalue weighted by molar-refractivity contribution is 6.00. The lowest BCUT2D eigenvalue weighted by molar-refractivity contribution is -0.384. The van der Waals surface area contributed by atoms with Crippen molar-refractivity contribution in [3.05, 3.63) is 58.0 Å². The summed E-state index contributed by atoms with van der Waals surface area (Å²) in [6.07, 6.45) is 1.58. The molecule has 0 saturated heterocycles. The van der Waals surface area contributed by atoms with Crippen LogP contribution in [0.4, 0.5) is 11.4 Å². The van der Waals surface area contributed by atoms with Gasteiger partial charge in [0.1, 0.15) is 5.76 Å². The molecule has 0 radical (unpaired) electrons. The zero-order chi connectivity index (χ0) is 18.6. The summed E-state index contributed by atoms with van der Waals surface area (Å²) in [4.78, 5) is 26.8. The van der Waals surface area contributed by atoms with Gasteiger partial charge in [-0.15, -0.1) is 0 Å². The van der Waals surface area contributed by atoms with Crippen molar-refractivity contribution in [3.63, 3.8) is 0 Å². The molecule has 2 rings (SSSR count). The number of furan rings is 1. The number of hydrogen-bond donors (Lipinski definition) is 1. The lowest BCUT2D eigenvalue weighted by Gasteiger charge is -2.23. The number of benzene rings is 1. The van der Waals surface area contributed by atoms with Crippen LogP contribution in [0.25, 0.3) is 0 Å². The predicted octanol–water partition coefficient (Wildman–Crippen LogP) is 2.29. The molecule has 0 saturated carbocycles. The molecule has 134 valence electrons. The molecule has 1 atom stereocenters. The fraction of sp³-hybridized carbons (Fsp3) is 0.353. The number of likely N-dealkylation sites (N-methyl/N-ethyl adjacent to an activating group) is 1. The Morgan fingerprint density at radius 2 is 2.00 bits per heavy atom. The molecule has 1 amide bonds. The molecular formula is C17H22N4O4. The van der Waals surface area contributed by atoms with E-state index in [1.54, 1.807) is 37.4 Å². The van der Waals surface area contributed by atoms with Crippen LogP contribution in [0.15, 0.2) is 41.0 Å². The molecule has 0 unspecified atom stereocenters. The Morgan fingerprint density at radius 1 is 1.28 bits per heavy atom. The number of nitrogens with zero attached hydrogens (tertiary/aromatic N) is 3. The molecule has 8 nitrogen and oxygen atoms in total. The molecule has 8 heteroatoms. The van der Waals surface area contributed by atoms with E-state index in [2.05, 4.69) is 5.32 Å². The van der Waals surface area contributed by atoms with Crippen molar-refractivity contribution >= 4 is 17.3 Å². The third-order valence-corrected chi connectivity index (χ3v) is 3.87. The topological polar surface area (TPSA) is 91.9 Å². The van der Waals surface area contributed by atoms with Crippen LogP contribution in [0, 0.1) is 10.1 Å². The van der Waals surface area contributed by atoms with Crippen LogP contribution in [-0.4, -0.2) is 50.5 Å². The van der Waals surface area contributed by atoms with Gasteiger partial charge in [0, 0.05) is 38.5 Å². The zero-order valence-corrected chi connectivity index (χ0v) is 14.7. The Hall–Kier alpha value is -2.87. The molecular weight excluding hydrogens is 324 g/mol. The first-order valence-electron chi connectivity index (χ1n) is 7.75. The molecule has 0 fully saturated rings. The normalized spacial score (nSPS) is 12.0. The van der Waals surface area contributed by atoms with Crippen LogP contribution in [0.5, 0.6) is 0 Å². The van der Waals surface area contributed by atoms with Gasteiger partial charge < -0.3 is 14.6 Å². The highest BCUT2D eigenvalue weighted by Crippen LogP contribution is 2.24. The molecule has 0 bridgehead atoms. The van der Waals surface area contributed by atoms with Crippen molar-refractivity contribution in [3.8, 4) is 0 Å². The lowest BCUT2D eigenvalue weighted by Crippen LogP contribution is -2.35. The summed E-state index contributed by atoms with van der Waals surface area (Å²) in [6, 6.07) is 7.75. The van der Waals surface area contributed by atoms with Crippen LogP contribution in [0.3, 0.4) is 0 Å². The number of nitrogens with one attached hydrogen (secondary N) is 1. The third kappa shape index (κ3) is 4.36. The first-order chi connectivity index (χ1) is 11.8. The number of carbonyl (C=O) groups excluding carboxylic acids is 1. The van der Waals surface area contributed by atoms with Crippen LogP contribution < -0.4 is 10.2 Å². The fourth-order valence-corrected chi connectivity index (χ4v) is 2.51. The van der Waals surface area contributed by atoms with Crippen molar-refractivity contribution in [1.29, 1.82) is 0 Å². The van der Waals surface area contributed by atoms with E-state index in [0.29, 0.717) is 12.2 Å². The maximum atomic E-state index is 12.6. The predicted molar refractivity (Wildman–Crippen MR) is 94.9 cm³/mol. The summed E-state index contributed by atoms with van der Waals surface area (Å²) in [5.74, 6) is 0.364. The van der Waals surface area contributed by atoms with Crippen molar-refractivity contribution in [1.82, 2.24) is 10.2 Å². The Kier molecular flexibility index (Phi) is 5.76. The van der Waals surface area contributed by atoms with Gasteiger partial charge in [0.2, 0.25) is 0 Å². The second kappa shape index (κ2) is 7.80. The molecule has 1 aromatic carbocycles. The number of nitro groups is 1. The number of amides is 1. The van der Waals surface area contributed by atoms with Gasteiger partial charge in [-0.25, -0.2) is 0 Å². The van der Waals surface area contributed by atoms with Gasteiger partial charge in [-0.2, -0.15) is 0 Å². The van der Waals surface area contributed by atoms with E-state index in [1.807, 2.05) is 25.1 Å². The quantitative estimate of drug-likeness (QED) is 0.611. The monoisotopic (exact) mass is 346 g/mol. The van der Waals surface area contributed by atoms with Crippen molar-refractivity contribution in [2.45, 2.75) is 6.04 Å². The molecule has 0 aliphatic heterocycles. The highest BCUT2D eigenvalue weighted by atomic mass is 16.6. The second-order valence-electron chi connectivity index (χ2n) is 6.06. The molecule has 2 aromatic rings. The number of hydrogen-bond acceptors (Lipinski definition) is 6. The van der Waals surface area contributed by atoms with E-state index in [9.17, 15) is 14.9 Å². The van der Waals surface area contributed by atoms with Crippen LogP contribution >= 0.6 is 0 Å². The smallest absolute Gasteiger partial charge is 0.270 e. The standard InChI is InChI=1S/C17H22N4O4/c1-19(2)14-8-7-12(21(23)24)10-13(14)17(22)18-11-15(20(3)4)16-6-5-9-25-16/h5-10,15H,11H2,1-4H3,(H,18,22)/t15-/m0/s1. The molecule has 0 aliphatic carbocycles. The maximum absolute atomic E-state index is 12.6. The minimum Gasteiger partial charge on any atom is -0.468 e. The van der Waals surface area contributed by atoms with E-state index in [0.717, 1.165) is 5.76 Å². The maximum Gasteiger partial charge on any atom is 0.270 e. The first kappa shape index (κ1) is 18.5. The van der Waals surface area contributed by atoms with Crippen LogP contribution in [-0.2, 0) is 0 Å². The van der Waals surface area contributed by atoms with Crippen molar-refractivity contribution in [2.24, 2.45) is 0 Å². The molecule has 1 aromatic heterocycles. The summed E-state index contributed by atoms with van der Waals surface area (Å²) in [7, 11) is 7.34. The summed E-state index contributed by atoms with van der Waals surface area (Å²) in [5.41, 5.74) is 0.754. The summed E-state index contributed by atoms with van der Waals surface area (Å²) in [5, 5.41) is 13.8. The van der Waals surface area contributed by atoms with Crippen molar-refractivity contribution < 1.29 is 14.1 Å². The second-order valence-corrected chi connectivity index (χ2v) is 6.06. The van der Waals surface area contributed by atoms with Gasteiger partial charge in [-0.1, -0.05) is 0 Å². The first-order valence-corrected chi connectivity index (χ1v) is 7.75. The SMILES string of the molecule is CN(C)c1ccc([N+](=O)[O-])cc1C(=O)NC[C@@H](c1ccco1)N(C)C. The number of carbonyl (C=O) groups is 1. The lowest BCUT2D eigenvalue weighted by atomic mass is 10.1. The van der Waals surface area contributed by atoms with E-state index in [-0.39, 0.29) is 23.2 Å². The number of nitro benzene ring substituents is 1. The molecule has 1 heterocycles.